The molecule has 2 heterocycles. The van der Waals surface area contributed by atoms with Crippen LogP contribution in [0.4, 0.5) is 0 Å². The number of aromatic nitrogens is 5. The van der Waals surface area contributed by atoms with Gasteiger partial charge in [0.05, 0.1) is 25.2 Å². The number of hydrogen-bond donors (Lipinski definition) is 0. The van der Waals surface area contributed by atoms with E-state index >= 15 is 0 Å². The molecule has 0 aliphatic heterocycles. The molecule has 0 N–H and O–H groups in total. The van der Waals surface area contributed by atoms with Crippen molar-refractivity contribution in [1.82, 2.24) is 24.8 Å². The lowest BCUT2D eigenvalue weighted by Crippen LogP contribution is -2.25. The molecule has 0 atom stereocenters. The predicted molar refractivity (Wildman–Crippen MR) is 133 cm³/mol. The molecule has 0 amide bonds. The lowest BCUT2D eigenvalue weighted by Gasteiger charge is -2.14. The van der Waals surface area contributed by atoms with E-state index in [0.717, 1.165) is 15.8 Å². The molecule has 3 aromatic carbocycles. The van der Waals surface area contributed by atoms with Crippen molar-refractivity contribution < 1.29 is 14.3 Å². The van der Waals surface area contributed by atoms with Crippen LogP contribution >= 0.6 is 11.6 Å². The highest BCUT2D eigenvalue weighted by Crippen LogP contribution is 2.28. The van der Waals surface area contributed by atoms with Gasteiger partial charge in [-0.05, 0) is 47.5 Å². The molecule has 0 saturated carbocycles. The fraction of sp³-hybridized carbons (Fsp3) is 0.0385. The first-order chi connectivity index (χ1) is 17.5. The van der Waals surface area contributed by atoms with Crippen LogP contribution in [-0.2, 0) is 4.74 Å². The number of carbonyl (C=O) groups excluding carboxylic acids is 1. The second-order valence-electron chi connectivity index (χ2n) is 7.57. The average Bonchev–Trinajstić information content (AvgIpc) is 3.41. The highest BCUT2D eigenvalue weighted by Gasteiger charge is 2.23. The quantitative estimate of drug-likeness (QED) is 0.312. The van der Waals surface area contributed by atoms with Crippen LogP contribution in [0.2, 0.25) is 5.02 Å². The number of halogens is 1. The van der Waals surface area contributed by atoms with Crippen LogP contribution in [0.1, 0.15) is 10.5 Å². The minimum atomic E-state index is -0.681. The van der Waals surface area contributed by atoms with Crippen LogP contribution in [0.15, 0.2) is 96.1 Å². The fourth-order valence-corrected chi connectivity index (χ4v) is 3.69. The van der Waals surface area contributed by atoms with Crippen molar-refractivity contribution >= 4 is 17.6 Å². The van der Waals surface area contributed by atoms with Gasteiger partial charge in [0.15, 0.2) is 5.69 Å². The summed E-state index contributed by atoms with van der Waals surface area (Å²) in [7, 11) is 1.24. The third kappa shape index (κ3) is 4.47. The van der Waals surface area contributed by atoms with Crippen LogP contribution in [0.25, 0.3) is 22.5 Å². The summed E-state index contributed by atoms with van der Waals surface area (Å²) in [4.78, 5) is 25.8. The summed E-state index contributed by atoms with van der Waals surface area (Å²) in [6.45, 7) is 0. The van der Waals surface area contributed by atoms with Gasteiger partial charge < -0.3 is 9.47 Å². The van der Waals surface area contributed by atoms with E-state index in [2.05, 4.69) is 15.4 Å². The van der Waals surface area contributed by atoms with Gasteiger partial charge in [-0.15, -0.1) is 5.10 Å². The van der Waals surface area contributed by atoms with Gasteiger partial charge in [-0.2, -0.15) is 9.78 Å². The maximum atomic E-state index is 13.6. The second kappa shape index (κ2) is 9.85. The summed E-state index contributed by atoms with van der Waals surface area (Å²) in [6.07, 6.45) is 2.60. The number of ether oxygens (including phenoxy) is 2. The van der Waals surface area contributed by atoms with Gasteiger partial charge >= 0.3 is 11.5 Å². The van der Waals surface area contributed by atoms with E-state index < -0.39 is 11.5 Å². The van der Waals surface area contributed by atoms with Crippen LogP contribution in [0.3, 0.4) is 0 Å². The molecule has 0 spiro atoms. The maximum absolute atomic E-state index is 13.6. The van der Waals surface area contributed by atoms with Gasteiger partial charge in [0.2, 0.25) is 5.75 Å². The lowest BCUT2D eigenvalue weighted by atomic mass is 10.1. The van der Waals surface area contributed by atoms with E-state index in [-0.39, 0.29) is 17.1 Å². The molecular weight excluding hydrogens is 482 g/mol. The number of methoxy groups -OCH3 is 1. The Morgan fingerprint density at radius 2 is 1.56 bits per heavy atom. The van der Waals surface area contributed by atoms with E-state index in [1.807, 2.05) is 42.5 Å². The standard InChI is InChI=1S/C26H18ClN5O4/c1-35-26(34)23-15-28-30-32(23)22-16-29-31(20-11-9-19(27)10-12-20)25(33)24(22)36-21-13-7-18(8-14-21)17-5-3-2-4-6-17/h2-16H,1H3. The van der Waals surface area contributed by atoms with Crippen molar-refractivity contribution in [3.05, 3.63) is 112 Å². The zero-order valence-electron chi connectivity index (χ0n) is 18.9. The fourth-order valence-electron chi connectivity index (χ4n) is 3.56. The van der Waals surface area contributed by atoms with Gasteiger partial charge in [0.1, 0.15) is 11.4 Å². The van der Waals surface area contributed by atoms with E-state index in [1.54, 1.807) is 36.4 Å². The van der Waals surface area contributed by atoms with Crippen molar-refractivity contribution in [3.63, 3.8) is 0 Å². The molecule has 0 aliphatic carbocycles. The molecule has 0 radical (unpaired) electrons. The smallest absolute Gasteiger partial charge is 0.358 e. The summed E-state index contributed by atoms with van der Waals surface area (Å²) >= 11 is 5.99. The molecule has 0 unspecified atom stereocenters. The summed E-state index contributed by atoms with van der Waals surface area (Å²) in [5.41, 5.74) is 2.06. The van der Waals surface area contributed by atoms with Gasteiger partial charge in [0, 0.05) is 5.02 Å². The van der Waals surface area contributed by atoms with Gasteiger partial charge in [-0.25, -0.2) is 9.48 Å². The Morgan fingerprint density at radius 1 is 0.861 bits per heavy atom. The van der Waals surface area contributed by atoms with Crippen LogP contribution in [0, 0.1) is 0 Å². The summed E-state index contributed by atoms with van der Waals surface area (Å²) in [6, 6.07) is 23.8. The van der Waals surface area contributed by atoms with Crippen molar-refractivity contribution in [1.29, 1.82) is 0 Å². The Bertz CT molecular complexity index is 1580. The van der Waals surface area contributed by atoms with Gasteiger partial charge in [-0.1, -0.05) is 59.3 Å². The monoisotopic (exact) mass is 499 g/mol. The van der Waals surface area contributed by atoms with Gasteiger partial charge in [0.25, 0.3) is 0 Å². The third-order valence-electron chi connectivity index (χ3n) is 5.34. The number of rotatable bonds is 6. The number of hydrogen-bond acceptors (Lipinski definition) is 7. The minimum Gasteiger partial charge on any atom is -0.464 e. The predicted octanol–water partition coefficient (Wildman–Crippen LogP) is 4.71. The molecule has 5 aromatic rings. The molecule has 0 bridgehead atoms. The van der Waals surface area contributed by atoms with Crippen molar-refractivity contribution in [3.8, 4) is 34.0 Å². The third-order valence-corrected chi connectivity index (χ3v) is 5.59. The molecule has 2 aromatic heterocycles. The largest absolute Gasteiger partial charge is 0.464 e. The first kappa shape index (κ1) is 23.0. The summed E-state index contributed by atoms with van der Waals surface area (Å²) in [5, 5.41) is 12.5. The molecule has 36 heavy (non-hydrogen) atoms. The Hall–Kier alpha value is -4.76. The highest BCUT2D eigenvalue weighted by molar-refractivity contribution is 6.30. The zero-order valence-corrected chi connectivity index (χ0v) is 19.7. The number of carbonyl (C=O) groups is 1. The highest BCUT2D eigenvalue weighted by atomic mass is 35.5. The van der Waals surface area contributed by atoms with Crippen LogP contribution in [0.5, 0.6) is 11.5 Å². The number of esters is 1. The van der Waals surface area contributed by atoms with E-state index in [4.69, 9.17) is 21.1 Å². The molecule has 0 saturated heterocycles. The summed E-state index contributed by atoms with van der Waals surface area (Å²) in [5.74, 6) is -0.385. The Kier molecular flexibility index (Phi) is 6.29. The maximum Gasteiger partial charge on any atom is 0.358 e. The topological polar surface area (TPSA) is 101 Å². The summed E-state index contributed by atoms with van der Waals surface area (Å²) < 4.78 is 13.2. The molecule has 0 fully saturated rings. The normalized spacial score (nSPS) is 10.7. The molecule has 0 aliphatic rings. The van der Waals surface area contributed by atoms with Gasteiger partial charge in [-0.3, -0.25) is 4.79 Å². The zero-order chi connectivity index (χ0) is 25.1. The molecule has 9 nitrogen and oxygen atoms in total. The van der Waals surface area contributed by atoms with Crippen LogP contribution in [-0.4, -0.2) is 37.9 Å². The molecular formula is C26H18ClN5O4. The number of nitrogens with zero attached hydrogens (tertiary/aromatic N) is 5. The Morgan fingerprint density at radius 3 is 2.25 bits per heavy atom. The second-order valence-corrected chi connectivity index (χ2v) is 8.00. The SMILES string of the molecule is COC(=O)c1cnnn1-c1cnn(-c2ccc(Cl)cc2)c(=O)c1Oc1ccc(-c2ccccc2)cc1. The first-order valence-corrected chi connectivity index (χ1v) is 11.1. The molecule has 10 heteroatoms. The van der Waals surface area contributed by atoms with E-state index in [0.29, 0.717) is 16.5 Å². The lowest BCUT2D eigenvalue weighted by molar-refractivity contribution is 0.0590. The Balaban J connectivity index is 1.61. The first-order valence-electron chi connectivity index (χ1n) is 10.8. The molecule has 178 valence electrons. The van der Waals surface area contributed by atoms with Crippen molar-refractivity contribution in [2.24, 2.45) is 0 Å². The van der Waals surface area contributed by atoms with Crippen LogP contribution < -0.4 is 10.3 Å². The Labute approximate surface area is 210 Å². The minimum absolute atomic E-state index is 0.00668. The number of benzene rings is 3. The van der Waals surface area contributed by atoms with Crippen molar-refractivity contribution in [2.75, 3.05) is 7.11 Å². The van der Waals surface area contributed by atoms with E-state index in [1.165, 1.54) is 24.2 Å². The average molecular weight is 500 g/mol. The van der Waals surface area contributed by atoms with Crippen molar-refractivity contribution in [2.45, 2.75) is 0 Å². The van der Waals surface area contributed by atoms with E-state index in [9.17, 15) is 9.59 Å². The molecule has 5 rings (SSSR count).